The highest BCUT2D eigenvalue weighted by Gasteiger charge is 2.17. The zero-order valence-corrected chi connectivity index (χ0v) is 16.0. The molecular formula is C19H17N7O3. The summed E-state index contributed by atoms with van der Waals surface area (Å²) in [6, 6.07) is 8.16. The van der Waals surface area contributed by atoms with Gasteiger partial charge in [0.05, 0.1) is 16.5 Å². The van der Waals surface area contributed by atoms with Gasteiger partial charge in [-0.2, -0.15) is 9.78 Å². The number of aryl methyl sites for hydroxylation is 1. The molecule has 0 saturated carbocycles. The van der Waals surface area contributed by atoms with Crippen LogP contribution in [0.5, 0.6) is 0 Å². The van der Waals surface area contributed by atoms with Gasteiger partial charge in [-0.3, -0.25) is 14.9 Å². The maximum absolute atomic E-state index is 13.0. The van der Waals surface area contributed by atoms with Gasteiger partial charge >= 0.3 is 0 Å². The summed E-state index contributed by atoms with van der Waals surface area (Å²) in [5.74, 6) is 0.859. The molecule has 10 heteroatoms. The maximum atomic E-state index is 13.0. The van der Waals surface area contributed by atoms with Crippen LogP contribution in [0.3, 0.4) is 0 Å². The van der Waals surface area contributed by atoms with Gasteiger partial charge in [-0.1, -0.05) is 6.07 Å². The van der Waals surface area contributed by atoms with Crippen LogP contribution >= 0.6 is 0 Å². The maximum Gasteiger partial charge on any atom is 0.281 e. The van der Waals surface area contributed by atoms with Gasteiger partial charge in [-0.15, -0.1) is 10.2 Å². The minimum absolute atomic E-state index is 0.112. The fraction of sp³-hybridized carbons (Fsp3) is 0.211. The number of rotatable bonds is 4. The lowest BCUT2D eigenvalue weighted by Crippen LogP contribution is -2.22. The number of hydrogen-bond donors (Lipinski definition) is 0. The Hall–Kier alpha value is -3.95. The van der Waals surface area contributed by atoms with E-state index in [4.69, 9.17) is 0 Å². The monoisotopic (exact) mass is 391 g/mol. The summed E-state index contributed by atoms with van der Waals surface area (Å²) in [6.07, 6.45) is 3.12. The third-order valence-electron chi connectivity index (χ3n) is 4.61. The van der Waals surface area contributed by atoms with E-state index in [1.807, 2.05) is 18.4 Å². The van der Waals surface area contributed by atoms with Crippen molar-refractivity contribution in [3.05, 3.63) is 68.9 Å². The van der Waals surface area contributed by atoms with Gasteiger partial charge in [0.1, 0.15) is 12.0 Å². The normalized spacial score (nSPS) is 11.3. The first kappa shape index (κ1) is 18.4. The number of aromatic nitrogens is 6. The molecule has 0 fully saturated rings. The van der Waals surface area contributed by atoms with E-state index in [1.165, 1.54) is 12.3 Å². The van der Waals surface area contributed by atoms with Crippen molar-refractivity contribution in [3.8, 4) is 17.3 Å². The number of nitrogens with zero attached hydrogens (tertiary/aromatic N) is 7. The number of nitro benzene ring substituents is 1. The number of benzene rings is 1. The van der Waals surface area contributed by atoms with E-state index in [-0.39, 0.29) is 22.9 Å². The second kappa shape index (κ2) is 6.89. The quantitative estimate of drug-likeness (QED) is 0.387. The van der Waals surface area contributed by atoms with Gasteiger partial charge < -0.3 is 4.57 Å². The van der Waals surface area contributed by atoms with Crippen molar-refractivity contribution in [1.29, 1.82) is 0 Å². The SMILES string of the molecule is Cc1cc2cnn(-c3cccc(-c4nncn4C(C)C)n3)c(=O)c2cc1[N+](=O)[O-]. The van der Waals surface area contributed by atoms with Crippen molar-refractivity contribution < 1.29 is 4.92 Å². The summed E-state index contributed by atoms with van der Waals surface area (Å²) in [7, 11) is 0. The van der Waals surface area contributed by atoms with Crippen molar-refractivity contribution in [1.82, 2.24) is 29.5 Å². The molecule has 146 valence electrons. The number of pyridine rings is 1. The highest BCUT2D eigenvalue weighted by Crippen LogP contribution is 2.23. The number of fused-ring (bicyclic) bond motifs is 1. The van der Waals surface area contributed by atoms with Crippen LogP contribution in [0.1, 0.15) is 25.5 Å². The molecule has 4 aromatic rings. The Morgan fingerprint density at radius 1 is 1.21 bits per heavy atom. The van der Waals surface area contributed by atoms with E-state index in [1.54, 1.807) is 37.5 Å². The van der Waals surface area contributed by atoms with Crippen molar-refractivity contribution in [2.24, 2.45) is 0 Å². The van der Waals surface area contributed by atoms with Crippen molar-refractivity contribution in [2.75, 3.05) is 0 Å². The predicted molar refractivity (Wildman–Crippen MR) is 106 cm³/mol. The van der Waals surface area contributed by atoms with E-state index >= 15 is 0 Å². The molecule has 29 heavy (non-hydrogen) atoms. The highest BCUT2D eigenvalue weighted by molar-refractivity contribution is 5.84. The van der Waals surface area contributed by atoms with Crippen LogP contribution in [0.15, 0.2) is 47.7 Å². The number of hydrogen-bond acceptors (Lipinski definition) is 7. The average molecular weight is 391 g/mol. The van der Waals surface area contributed by atoms with Gasteiger partial charge in [-0.05, 0) is 39.0 Å². The Balaban J connectivity index is 1.88. The zero-order valence-electron chi connectivity index (χ0n) is 16.0. The minimum atomic E-state index is -0.503. The van der Waals surface area contributed by atoms with Crippen LogP contribution in [0, 0.1) is 17.0 Å². The van der Waals surface area contributed by atoms with Crippen LogP contribution < -0.4 is 5.56 Å². The molecular weight excluding hydrogens is 374 g/mol. The highest BCUT2D eigenvalue weighted by atomic mass is 16.6. The Labute approximate surface area is 164 Å². The Morgan fingerprint density at radius 3 is 2.72 bits per heavy atom. The van der Waals surface area contributed by atoms with Crippen LogP contribution in [0.2, 0.25) is 0 Å². The Bertz CT molecular complexity index is 1310. The van der Waals surface area contributed by atoms with E-state index in [0.29, 0.717) is 22.5 Å². The van der Waals surface area contributed by atoms with Gasteiger partial charge in [-0.25, -0.2) is 4.98 Å². The topological polar surface area (TPSA) is 122 Å². The van der Waals surface area contributed by atoms with E-state index in [9.17, 15) is 14.9 Å². The molecule has 0 amide bonds. The minimum Gasteiger partial charge on any atom is -0.310 e. The molecule has 0 atom stereocenters. The Kier molecular flexibility index (Phi) is 4.38. The summed E-state index contributed by atoms with van der Waals surface area (Å²) in [6.45, 7) is 5.63. The molecule has 0 saturated heterocycles. The third-order valence-corrected chi connectivity index (χ3v) is 4.61. The molecule has 0 aliphatic heterocycles. The first-order valence-electron chi connectivity index (χ1n) is 8.91. The molecule has 3 heterocycles. The molecule has 0 radical (unpaired) electrons. The summed E-state index contributed by atoms with van der Waals surface area (Å²) in [5, 5.41) is 24.2. The molecule has 0 bridgehead atoms. The van der Waals surface area contributed by atoms with E-state index in [2.05, 4.69) is 20.3 Å². The molecule has 0 N–H and O–H groups in total. The second-order valence-electron chi connectivity index (χ2n) is 6.88. The van der Waals surface area contributed by atoms with Crippen molar-refractivity contribution in [3.63, 3.8) is 0 Å². The van der Waals surface area contributed by atoms with Gasteiger partial charge in [0.2, 0.25) is 0 Å². The summed E-state index contributed by atoms with van der Waals surface area (Å²) in [4.78, 5) is 28.3. The molecule has 0 aliphatic carbocycles. The number of nitro groups is 1. The summed E-state index contributed by atoms with van der Waals surface area (Å²) < 4.78 is 3.00. The molecule has 10 nitrogen and oxygen atoms in total. The van der Waals surface area contributed by atoms with Gasteiger partial charge in [0.25, 0.3) is 11.2 Å². The summed E-state index contributed by atoms with van der Waals surface area (Å²) in [5.41, 5.74) is 0.409. The van der Waals surface area contributed by atoms with Crippen molar-refractivity contribution in [2.45, 2.75) is 26.8 Å². The third kappa shape index (κ3) is 3.14. The van der Waals surface area contributed by atoms with Crippen LogP contribution in [0.25, 0.3) is 28.1 Å². The van der Waals surface area contributed by atoms with Crippen LogP contribution in [-0.4, -0.2) is 34.5 Å². The molecule has 3 aromatic heterocycles. The zero-order chi connectivity index (χ0) is 20.7. The van der Waals surface area contributed by atoms with E-state index < -0.39 is 10.5 Å². The lowest BCUT2D eigenvalue weighted by atomic mass is 10.1. The van der Waals surface area contributed by atoms with Gasteiger partial charge in [0, 0.05) is 23.1 Å². The van der Waals surface area contributed by atoms with E-state index in [0.717, 1.165) is 4.68 Å². The molecule has 1 aromatic carbocycles. The summed E-state index contributed by atoms with van der Waals surface area (Å²) >= 11 is 0. The molecule has 0 aliphatic rings. The predicted octanol–water partition coefficient (Wildman–Crippen LogP) is 2.84. The molecule has 0 unspecified atom stereocenters. The van der Waals surface area contributed by atoms with Crippen LogP contribution in [0.4, 0.5) is 5.69 Å². The Morgan fingerprint density at radius 2 is 2.00 bits per heavy atom. The largest absolute Gasteiger partial charge is 0.310 e. The average Bonchev–Trinajstić information content (AvgIpc) is 3.18. The lowest BCUT2D eigenvalue weighted by Gasteiger charge is -2.11. The molecule has 4 rings (SSSR count). The van der Waals surface area contributed by atoms with Crippen LogP contribution in [-0.2, 0) is 0 Å². The fourth-order valence-corrected chi connectivity index (χ4v) is 3.13. The lowest BCUT2D eigenvalue weighted by molar-refractivity contribution is -0.385. The molecule has 0 spiro atoms. The second-order valence-corrected chi connectivity index (χ2v) is 6.88. The van der Waals surface area contributed by atoms with Gasteiger partial charge in [0.15, 0.2) is 11.6 Å². The van der Waals surface area contributed by atoms with Crippen molar-refractivity contribution >= 4 is 16.5 Å². The standard InChI is InChI=1S/C19H17N7O3/c1-11(2)24-10-20-23-18(24)15-5-4-6-17(22-15)25-19(27)14-8-16(26(28)29)12(3)7-13(14)9-21-25/h4-11H,1-3H3. The fourth-order valence-electron chi connectivity index (χ4n) is 3.13. The first-order chi connectivity index (χ1) is 13.9. The smallest absolute Gasteiger partial charge is 0.281 e. The first-order valence-corrected chi connectivity index (χ1v) is 8.91.